The predicted molar refractivity (Wildman–Crippen MR) is 58.8 cm³/mol. The summed E-state index contributed by atoms with van der Waals surface area (Å²) < 4.78 is 13.9. The van der Waals surface area contributed by atoms with Crippen LogP contribution in [0.1, 0.15) is 12.0 Å². The van der Waals surface area contributed by atoms with E-state index in [1.165, 1.54) is 12.5 Å². The molecule has 1 heterocycles. The summed E-state index contributed by atoms with van der Waals surface area (Å²) in [7, 11) is 0. The van der Waals surface area contributed by atoms with Crippen LogP contribution in [0, 0.1) is 11.7 Å². The normalized spacial score (nSPS) is 21.4. The number of hydrogen-bond acceptors (Lipinski definition) is 1. The lowest BCUT2D eigenvalue weighted by Crippen LogP contribution is -2.10. The van der Waals surface area contributed by atoms with E-state index in [0.29, 0.717) is 5.92 Å². The molecular weight excluding hydrogens is 245 g/mol. The van der Waals surface area contributed by atoms with Gasteiger partial charge in [0.15, 0.2) is 0 Å². The van der Waals surface area contributed by atoms with Crippen molar-refractivity contribution in [2.24, 2.45) is 5.92 Å². The van der Waals surface area contributed by atoms with Gasteiger partial charge >= 0.3 is 0 Å². The molecule has 1 saturated heterocycles. The number of benzene rings is 1. The molecule has 0 aliphatic carbocycles. The van der Waals surface area contributed by atoms with Crippen LogP contribution in [-0.2, 0) is 6.42 Å². The summed E-state index contributed by atoms with van der Waals surface area (Å²) in [5.41, 5.74) is 1.09. The fraction of sp³-hybridized carbons (Fsp3) is 0.455. The van der Waals surface area contributed by atoms with Gasteiger partial charge in [-0.15, -0.1) is 0 Å². The molecule has 1 aromatic carbocycles. The zero-order chi connectivity index (χ0) is 9.97. The average molecular weight is 258 g/mol. The van der Waals surface area contributed by atoms with E-state index in [2.05, 4.69) is 21.2 Å². The van der Waals surface area contributed by atoms with Crippen LogP contribution in [0.3, 0.4) is 0 Å². The molecule has 1 unspecified atom stereocenters. The molecule has 0 amide bonds. The highest BCUT2D eigenvalue weighted by molar-refractivity contribution is 9.10. The zero-order valence-electron chi connectivity index (χ0n) is 7.89. The summed E-state index contributed by atoms with van der Waals surface area (Å²) in [5.74, 6) is 0.518. The Morgan fingerprint density at radius 3 is 2.93 bits per heavy atom. The molecule has 0 bridgehead atoms. The lowest BCUT2D eigenvalue weighted by Gasteiger charge is -2.08. The first-order valence-corrected chi connectivity index (χ1v) is 5.69. The van der Waals surface area contributed by atoms with Crippen LogP contribution >= 0.6 is 15.9 Å². The lowest BCUT2D eigenvalue weighted by atomic mass is 9.99. The summed E-state index contributed by atoms with van der Waals surface area (Å²) in [4.78, 5) is 0. The number of nitrogens with one attached hydrogen (secondary N) is 1. The van der Waals surface area contributed by atoms with Crippen LogP contribution in [-0.4, -0.2) is 13.1 Å². The Bertz CT molecular complexity index is 301. The minimum absolute atomic E-state index is 0.152. The summed E-state index contributed by atoms with van der Waals surface area (Å²) >= 11 is 3.31. The molecule has 3 heteroatoms. The van der Waals surface area contributed by atoms with E-state index in [1.807, 2.05) is 6.07 Å². The first kappa shape index (κ1) is 10.1. The van der Waals surface area contributed by atoms with Crippen LogP contribution < -0.4 is 5.32 Å². The number of hydrogen-bond donors (Lipinski definition) is 1. The molecule has 0 aromatic heterocycles. The van der Waals surface area contributed by atoms with E-state index in [4.69, 9.17) is 0 Å². The third-order valence-electron chi connectivity index (χ3n) is 2.61. The topological polar surface area (TPSA) is 12.0 Å². The standard InChI is InChI=1S/C11H13BrFN/c12-10-4-9(5-11(13)6-10)3-8-1-2-14-7-8/h4-6,8,14H,1-3,7H2. The van der Waals surface area contributed by atoms with Crippen molar-refractivity contribution in [2.45, 2.75) is 12.8 Å². The Morgan fingerprint density at radius 1 is 1.43 bits per heavy atom. The van der Waals surface area contributed by atoms with Crippen LogP contribution in [0.5, 0.6) is 0 Å². The van der Waals surface area contributed by atoms with Gasteiger partial charge < -0.3 is 5.32 Å². The van der Waals surface area contributed by atoms with Gasteiger partial charge in [0, 0.05) is 4.47 Å². The van der Waals surface area contributed by atoms with Crippen molar-refractivity contribution in [1.29, 1.82) is 0 Å². The summed E-state index contributed by atoms with van der Waals surface area (Å²) in [5, 5.41) is 3.32. The van der Waals surface area contributed by atoms with Crippen molar-refractivity contribution in [3.63, 3.8) is 0 Å². The van der Waals surface area contributed by atoms with Gasteiger partial charge in [-0.05, 0) is 55.6 Å². The fourth-order valence-corrected chi connectivity index (χ4v) is 2.46. The smallest absolute Gasteiger partial charge is 0.124 e. The summed E-state index contributed by atoms with van der Waals surface area (Å²) in [6, 6.07) is 5.13. The average Bonchev–Trinajstić information content (AvgIpc) is 2.54. The molecule has 14 heavy (non-hydrogen) atoms. The first-order chi connectivity index (χ1) is 6.74. The fourth-order valence-electron chi connectivity index (χ4n) is 1.95. The largest absolute Gasteiger partial charge is 0.316 e. The quantitative estimate of drug-likeness (QED) is 0.860. The molecule has 1 N–H and O–H groups in total. The SMILES string of the molecule is Fc1cc(Br)cc(CC2CCNC2)c1. The van der Waals surface area contributed by atoms with Crippen molar-refractivity contribution in [3.8, 4) is 0 Å². The third kappa shape index (κ3) is 2.55. The summed E-state index contributed by atoms with van der Waals surface area (Å²) in [6.07, 6.45) is 2.18. The molecule has 1 aliphatic heterocycles. The van der Waals surface area contributed by atoms with Gasteiger partial charge in [0.2, 0.25) is 0 Å². The van der Waals surface area contributed by atoms with Crippen LogP contribution in [0.2, 0.25) is 0 Å². The molecule has 1 atom stereocenters. The van der Waals surface area contributed by atoms with Crippen molar-refractivity contribution in [2.75, 3.05) is 13.1 Å². The van der Waals surface area contributed by atoms with E-state index in [1.54, 1.807) is 6.07 Å². The number of rotatable bonds is 2. The second kappa shape index (κ2) is 4.41. The van der Waals surface area contributed by atoms with Gasteiger partial charge in [0.25, 0.3) is 0 Å². The monoisotopic (exact) mass is 257 g/mol. The highest BCUT2D eigenvalue weighted by atomic mass is 79.9. The van der Waals surface area contributed by atoms with Crippen molar-refractivity contribution < 1.29 is 4.39 Å². The zero-order valence-corrected chi connectivity index (χ0v) is 9.48. The Hall–Kier alpha value is -0.410. The number of halogens is 2. The third-order valence-corrected chi connectivity index (χ3v) is 3.07. The first-order valence-electron chi connectivity index (χ1n) is 4.90. The van der Waals surface area contributed by atoms with E-state index in [0.717, 1.165) is 29.5 Å². The maximum Gasteiger partial charge on any atom is 0.124 e. The van der Waals surface area contributed by atoms with Crippen LogP contribution in [0.15, 0.2) is 22.7 Å². The molecular formula is C11H13BrFN. The highest BCUT2D eigenvalue weighted by Crippen LogP contribution is 2.20. The second-order valence-corrected chi connectivity index (χ2v) is 4.76. The molecule has 1 fully saturated rings. The van der Waals surface area contributed by atoms with E-state index in [-0.39, 0.29) is 5.82 Å². The minimum atomic E-state index is -0.152. The predicted octanol–water partition coefficient (Wildman–Crippen LogP) is 2.74. The van der Waals surface area contributed by atoms with Crippen molar-refractivity contribution >= 4 is 15.9 Å². The van der Waals surface area contributed by atoms with Gasteiger partial charge in [-0.1, -0.05) is 15.9 Å². The second-order valence-electron chi connectivity index (χ2n) is 3.84. The highest BCUT2D eigenvalue weighted by Gasteiger charge is 2.15. The molecule has 0 saturated carbocycles. The molecule has 76 valence electrons. The van der Waals surface area contributed by atoms with Gasteiger partial charge in [0.1, 0.15) is 5.82 Å². The summed E-state index contributed by atoms with van der Waals surface area (Å²) in [6.45, 7) is 2.16. The Morgan fingerprint density at radius 2 is 2.29 bits per heavy atom. The van der Waals surface area contributed by atoms with E-state index < -0.39 is 0 Å². The van der Waals surface area contributed by atoms with Gasteiger partial charge in [-0.3, -0.25) is 0 Å². The Labute approximate surface area is 91.8 Å². The lowest BCUT2D eigenvalue weighted by molar-refractivity contribution is 0.573. The molecule has 2 rings (SSSR count). The molecule has 0 spiro atoms. The van der Waals surface area contributed by atoms with Gasteiger partial charge in [-0.2, -0.15) is 0 Å². The van der Waals surface area contributed by atoms with Gasteiger partial charge in [-0.25, -0.2) is 4.39 Å². The molecule has 0 radical (unpaired) electrons. The molecule has 1 aromatic rings. The minimum Gasteiger partial charge on any atom is -0.316 e. The van der Waals surface area contributed by atoms with Crippen LogP contribution in [0.4, 0.5) is 4.39 Å². The molecule has 1 aliphatic rings. The van der Waals surface area contributed by atoms with Crippen LogP contribution in [0.25, 0.3) is 0 Å². The van der Waals surface area contributed by atoms with Crippen molar-refractivity contribution in [3.05, 3.63) is 34.1 Å². The van der Waals surface area contributed by atoms with Gasteiger partial charge in [0.05, 0.1) is 0 Å². The van der Waals surface area contributed by atoms with E-state index >= 15 is 0 Å². The Kier molecular flexibility index (Phi) is 3.19. The Balaban J connectivity index is 2.07. The maximum atomic E-state index is 13.1. The van der Waals surface area contributed by atoms with E-state index in [9.17, 15) is 4.39 Å². The maximum absolute atomic E-state index is 13.1. The van der Waals surface area contributed by atoms with Crippen molar-refractivity contribution in [1.82, 2.24) is 5.32 Å². The molecule has 1 nitrogen and oxygen atoms in total.